The zero-order valence-corrected chi connectivity index (χ0v) is 8.89. The first-order valence-corrected chi connectivity index (χ1v) is 5.26. The van der Waals surface area contributed by atoms with Crippen molar-refractivity contribution in [1.82, 2.24) is 0 Å². The smallest absolute Gasteiger partial charge is 0.298 e. The van der Waals surface area contributed by atoms with Gasteiger partial charge in [-0.15, -0.1) is 0 Å². The van der Waals surface area contributed by atoms with Gasteiger partial charge >= 0.3 is 0 Å². The quantitative estimate of drug-likeness (QED) is 0.721. The lowest BCUT2D eigenvalue weighted by Gasteiger charge is -2.28. The van der Waals surface area contributed by atoms with Crippen molar-refractivity contribution < 1.29 is 14.3 Å². The van der Waals surface area contributed by atoms with Gasteiger partial charge in [0.05, 0.1) is 0 Å². The Bertz CT molecular complexity index is 376. The highest BCUT2D eigenvalue weighted by Gasteiger charge is 2.16. The molecule has 84 valence electrons. The molecule has 0 N–H and O–H groups in total. The largest absolute Gasteiger partial charge is 0.429 e. The molecule has 0 saturated carbocycles. The molecule has 0 aromatic heterocycles. The Hall–Kier alpha value is -1.84. The minimum absolute atomic E-state index is 0.331. The molecule has 0 amide bonds. The van der Waals surface area contributed by atoms with Gasteiger partial charge in [-0.05, 0) is 24.3 Å². The van der Waals surface area contributed by atoms with Gasteiger partial charge in [0, 0.05) is 31.6 Å². The Morgan fingerprint density at radius 1 is 1.12 bits per heavy atom. The standard InChI is InChI=1S/C12H13NO3/c14-9-16-12-3-1-10(2-4-12)13-7-5-11(15)6-8-13/h1-4,9H,5-8H2. The maximum atomic E-state index is 11.1. The Kier molecular flexibility index (Phi) is 3.19. The van der Waals surface area contributed by atoms with Crippen LogP contribution >= 0.6 is 0 Å². The van der Waals surface area contributed by atoms with Crippen LogP contribution in [0.15, 0.2) is 24.3 Å². The fourth-order valence-corrected chi connectivity index (χ4v) is 1.81. The van der Waals surface area contributed by atoms with Crippen molar-refractivity contribution in [2.45, 2.75) is 12.8 Å². The van der Waals surface area contributed by atoms with E-state index in [2.05, 4.69) is 4.90 Å². The Balaban J connectivity index is 2.03. The third-order valence-electron chi connectivity index (χ3n) is 2.71. The van der Waals surface area contributed by atoms with Crippen LogP contribution in [0.5, 0.6) is 5.75 Å². The second-order valence-electron chi connectivity index (χ2n) is 3.73. The molecule has 1 aliphatic heterocycles. The molecule has 1 aliphatic rings. The summed E-state index contributed by atoms with van der Waals surface area (Å²) in [6, 6.07) is 7.30. The minimum Gasteiger partial charge on any atom is -0.429 e. The monoisotopic (exact) mass is 219 g/mol. The Morgan fingerprint density at radius 3 is 2.31 bits per heavy atom. The highest BCUT2D eigenvalue weighted by molar-refractivity contribution is 5.81. The van der Waals surface area contributed by atoms with Crippen LogP contribution in [0.2, 0.25) is 0 Å². The maximum absolute atomic E-state index is 11.1. The van der Waals surface area contributed by atoms with Gasteiger partial charge in [0.25, 0.3) is 6.47 Å². The molecule has 1 saturated heterocycles. The lowest BCUT2D eigenvalue weighted by Crippen LogP contribution is -2.33. The van der Waals surface area contributed by atoms with Gasteiger partial charge in [0.1, 0.15) is 11.5 Å². The molecule has 4 nitrogen and oxygen atoms in total. The van der Waals surface area contributed by atoms with Gasteiger partial charge in [-0.3, -0.25) is 9.59 Å². The summed E-state index contributed by atoms with van der Waals surface area (Å²) >= 11 is 0. The maximum Gasteiger partial charge on any atom is 0.298 e. The van der Waals surface area contributed by atoms with Crippen LogP contribution in [0.25, 0.3) is 0 Å². The molecular weight excluding hydrogens is 206 g/mol. The van der Waals surface area contributed by atoms with Crippen molar-refractivity contribution in [3.63, 3.8) is 0 Å². The van der Waals surface area contributed by atoms with Gasteiger partial charge in [-0.25, -0.2) is 0 Å². The van der Waals surface area contributed by atoms with E-state index in [9.17, 15) is 9.59 Å². The third kappa shape index (κ3) is 2.39. The van der Waals surface area contributed by atoms with E-state index in [1.165, 1.54) is 0 Å². The topological polar surface area (TPSA) is 46.6 Å². The third-order valence-corrected chi connectivity index (χ3v) is 2.71. The van der Waals surface area contributed by atoms with E-state index >= 15 is 0 Å². The number of carbonyl (C=O) groups is 2. The first-order valence-electron chi connectivity index (χ1n) is 5.26. The Morgan fingerprint density at radius 2 is 1.75 bits per heavy atom. The zero-order chi connectivity index (χ0) is 11.4. The molecule has 2 rings (SSSR count). The SMILES string of the molecule is O=COc1ccc(N2CCC(=O)CC2)cc1. The van der Waals surface area contributed by atoms with E-state index in [4.69, 9.17) is 4.74 Å². The summed E-state index contributed by atoms with van der Waals surface area (Å²) in [6.07, 6.45) is 1.24. The van der Waals surface area contributed by atoms with Crippen molar-refractivity contribution in [2.24, 2.45) is 0 Å². The van der Waals surface area contributed by atoms with Gasteiger partial charge in [0.15, 0.2) is 0 Å². The lowest BCUT2D eigenvalue weighted by molar-refractivity contribution is -0.121. The molecule has 0 aliphatic carbocycles. The zero-order valence-electron chi connectivity index (χ0n) is 8.89. The average Bonchev–Trinajstić information content (AvgIpc) is 2.32. The van der Waals surface area contributed by atoms with Crippen LogP contribution in [0.4, 0.5) is 5.69 Å². The van der Waals surface area contributed by atoms with Crippen LogP contribution in [0, 0.1) is 0 Å². The summed E-state index contributed by atoms with van der Waals surface area (Å²) in [5.74, 6) is 0.865. The van der Waals surface area contributed by atoms with E-state index in [1.807, 2.05) is 12.1 Å². The summed E-state index contributed by atoms with van der Waals surface area (Å²) in [6.45, 7) is 1.95. The predicted octanol–water partition coefficient (Wildman–Crippen LogP) is 1.39. The molecule has 1 fully saturated rings. The highest BCUT2D eigenvalue weighted by atomic mass is 16.5. The van der Waals surface area contributed by atoms with E-state index in [-0.39, 0.29) is 0 Å². The second kappa shape index (κ2) is 4.79. The average molecular weight is 219 g/mol. The predicted molar refractivity (Wildman–Crippen MR) is 59.6 cm³/mol. The number of Topliss-reactive ketones (excluding diaryl/α,β-unsaturated/α-hetero) is 1. The van der Waals surface area contributed by atoms with Crippen molar-refractivity contribution in [2.75, 3.05) is 18.0 Å². The fourth-order valence-electron chi connectivity index (χ4n) is 1.81. The number of benzene rings is 1. The fraction of sp³-hybridized carbons (Fsp3) is 0.333. The van der Waals surface area contributed by atoms with E-state index in [0.29, 0.717) is 30.8 Å². The molecule has 0 spiro atoms. The summed E-state index contributed by atoms with van der Waals surface area (Å²) in [7, 11) is 0. The number of hydrogen-bond acceptors (Lipinski definition) is 4. The van der Waals surface area contributed by atoms with Crippen LogP contribution in [-0.2, 0) is 9.59 Å². The molecule has 1 aromatic carbocycles. The van der Waals surface area contributed by atoms with Crippen molar-refractivity contribution in [3.8, 4) is 5.75 Å². The van der Waals surface area contributed by atoms with Crippen LogP contribution in [0.3, 0.4) is 0 Å². The second-order valence-corrected chi connectivity index (χ2v) is 3.73. The van der Waals surface area contributed by atoms with E-state index < -0.39 is 0 Å². The summed E-state index contributed by atoms with van der Waals surface area (Å²) in [5.41, 5.74) is 1.06. The molecule has 0 radical (unpaired) electrons. The van der Waals surface area contributed by atoms with Crippen LogP contribution in [0.1, 0.15) is 12.8 Å². The van der Waals surface area contributed by atoms with E-state index in [0.717, 1.165) is 18.8 Å². The normalized spacial score (nSPS) is 16.0. The van der Waals surface area contributed by atoms with Gasteiger partial charge < -0.3 is 9.64 Å². The van der Waals surface area contributed by atoms with E-state index in [1.54, 1.807) is 12.1 Å². The molecule has 0 bridgehead atoms. The first kappa shape index (κ1) is 10.7. The first-order chi connectivity index (χ1) is 7.79. The number of carbonyl (C=O) groups excluding carboxylic acids is 2. The Labute approximate surface area is 93.8 Å². The summed E-state index contributed by atoms with van der Waals surface area (Å²) in [5, 5.41) is 0. The van der Waals surface area contributed by atoms with Crippen LogP contribution in [-0.4, -0.2) is 25.3 Å². The highest BCUT2D eigenvalue weighted by Crippen LogP contribution is 2.21. The molecule has 1 heterocycles. The van der Waals surface area contributed by atoms with Crippen molar-refractivity contribution in [1.29, 1.82) is 0 Å². The van der Waals surface area contributed by atoms with Crippen molar-refractivity contribution >= 4 is 17.9 Å². The number of piperidine rings is 1. The number of ether oxygens (including phenoxy) is 1. The number of nitrogens with zero attached hydrogens (tertiary/aromatic N) is 1. The number of hydrogen-bond donors (Lipinski definition) is 0. The molecule has 1 aromatic rings. The van der Waals surface area contributed by atoms with Gasteiger partial charge in [-0.2, -0.15) is 0 Å². The van der Waals surface area contributed by atoms with Gasteiger partial charge in [0.2, 0.25) is 0 Å². The molecule has 4 heteroatoms. The molecule has 0 atom stereocenters. The minimum atomic E-state index is 0.331. The molecular formula is C12H13NO3. The molecule has 16 heavy (non-hydrogen) atoms. The summed E-state index contributed by atoms with van der Waals surface area (Å²) in [4.78, 5) is 23.4. The number of anilines is 1. The van der Waals surface area contributed by atoms with Crippen molar-refractivity contribution in [3.05, 3.63) is 24.3 Å². The lowest BCUT2D eigenvalue weighted by atomic mass is 10.1. The number of rotatable bonds is 3. The summed E-state index contributed by atoms with van der Waals surface area (Å²) < 4.78 is 4.71. The van der Waals surface area contributed by atoms with Gasteiger partial charge in [-0.1, -0.05) is 0 Å². The van der Waals surface area contributed by atoms with Crippen LogP contribution < -0.4 is 9.64 Å². The number of ketones is 1. The molecule has 0 unspecified atom stereocenters.